The fraction of sp³-hybridized carbons (Fsp3) is 0.278. The second-order valence-electron chi connectivity index (χ2n) is 5.96. The molecule has 1 saturated heterocycles. The molecule has 2 aromatic rings. The molecule has 0 saturated carbocycles. The summed E-state index contributed by atoms with van der Waals surface area (Å²) in [7, 11) is -2.27. The van der Waals surface area contributed by atoms with Crippen LogP contribution in [0.1, 0.15) is 12.8 Å². The summed E-state index contributed by atoms with van der Waals surface area (Å²) >= 11 is 0. The fourth-order valence-corrected chi connectivity index (χ4v) is 3.85. The first-order valence-electron chi connectivity index (χ1n) is 8.30. The largest absolute Gasteiger partial charge is 0.497 e. The lowest BCUT2D eigenvalue weighted by Gasteiger charge is -2.16. The van der Waals surface area contributed by atoms with Crippen molar-refractivity contribution < 1.29 is 17.9 Å². The fourth-order valence-electron chi connectivity index (χ4n) is 2.77. The molecule has 1 aliphatic heterocycles. The second-order valence-corrected chi connectivity index (χ2v) is 7.65. The van der Waals surface area contributed by atoms with Crippen molar-refractivity contribution in [2.45, 2.75) is 23.8 Å². The summed E-state index contributed by atoms with van der Waals surface area (Å²) < 4.78 is 32.8. The molecule has 0 bridgehead atoms. The molecule has 0 spiro atoms. The van der Waals surface area contributed by atoms with E-state index in [1.54, 1.807) is 36.4 Å². The highest BCUT2D eigenvalue weighted by molar-refractivity contribution is 7.92. The lowest BCUT2D eigenvalue weighted by Crippen LogP contribution is -2.35. The van der Waals surface area contributed by atoms with E-state index in [1.807, 2.05) is 0 Å². The standard InChI is InChI=1S/C18H21N3O4S/c1-25-13-8-10-14(11-9-13)26(23,24)21-16-6-3-2-5-15(16)20-18(22)17-7-4-12-19-17/h2-3,5-6,8-11,17,19,21H,4,7,12H2,1H3,(H,20,22)/t17-/m1/s1. The molecule has 0 aliphatic carbocycles. The monoisotopic (exact) mass is 375 g/mol. The molecule has 1 fully saturated rings. The van der Waals surface area contributed by atoms with Gasteiger partial charge in [-0.15, -0.1) is 0 Å². The number of amides is 1. The maximum absolute atomic E-state index is 12.6. The number of hydrogen-bond donors (Lipinski definition) is 3. The van der Waals surface area contributed by atoms with Gasteiger partial charge in [0.25, 0.3) is 10.0 Å². The number of rotatable bonds is 6. The van der Waals surface area contributed by atoms with E-state index in [4.69, 9.17) is 4.74 Å². The van der Waals surface area contributed by atoms with Crippen LogP contribution in [0.25, 0.3) is 0 Å². The molecule has 0 unspecified atom stereocenters. The summed E-state index contributed by atoms with van der Waals surface area (Å²) in [6, 6.07) is 12.6. The van der Waals surface area contributed by atoms with Gasteiger partial charge in [-0.1, -0.05) is 12.1 Å². The van der Waals surface area contributed by atoms with E-state index in [-0.39, 0.29) is 16.8 Å². The van der Waals surface area contributed by atoms with Crippen molar-refractivity contribution in [3.63, 3.8) is 0 Å². The highest BCUT2D eigenvalue weighted by Crippen LogP contribution is 2.25. The highest BCUT2D eigenvalue weighted by Gasteiger charge is 2.23. The maximum Gasteiger partial charge on any atom is 0.261 e. The molecule has 138 valence electrons. The zero-order valence-corrected chi connectivity index (χ0v) is 15.2. The van der Waals surface area contributed by atoms with Gasteiger partial charge in [0.2, 0.25) is 5.91 Å². The Morgan fingerprint density at radius 2 is 1.81 bits per heavy atom. The topological polar surface area (TPSA) is 96.5 Å². The summed E-state index contributed by atoms with van der Waals surface area (Å²) in [5.74, 6) is 0.402. The Labute approximate surface area is 152 Å². The van der Waals surface area contributed by atoms with Crippen LogP contribution in [0.3, 0.4) is 0 Å². The molecular formula is C18H21N3O4S. The average Bonchev–Trinajstić information content (AvgIpc) is 3.18. The summed E-state index contributed by atoms with van der Waals surface area (Å²) in [5.41, 5.74) is 0.734. The summed E-state index contributed by atoms with van der Waals surface area (Å²) in [4.78, 5) is 12.4. The van der Waals surface area contributed by atoms with Gasteiger partial charge in [-0.3, -0.25) is 9.52 Å². The van der Waals surface area contributed by atoms with Crippen LogP contribution in [0.4, 0.5) is 11.4 Å². The SMILES string of the molecule is COc1ccc(S(=O)(=O)Nc2ccccc2NC(=O)[C@H]2CCCN2)cc1. The molecular weight excluding hydrogens is 354 g/mol. The Morgan fingerprint density at radius 1 is 1.12 bits per heavy atom. The lowest BCUT2D eigenvalue weighted by molar-refractivity contribution is -0.117. The number of para-hydroxylation sites is 2. The number of carbonyl (C=O) groups is 1. The second kappa shape index (κ2) is 7.76. The Balaban J connectivity index is 1.79. The minimum atomic E-state index is -3.79. The van der Waals surface area contributed by atoms with Crippen molar-refractivity contribution in [3.05, 3.63) is 48.5 Å². The third-order valence-electron chi connectivity index (χ3n) is 4.18. The molecule has 1 aliphatic rings. The van der Waals surface area contributed by atoms with Gasteiger partial charge in [-0.05, 0) is 55.8 Å². The number of ether oxygens (including phenoxy) is 1. The number of hydrogen-bond acceptors (Lipinski definition) is 5. The van der Waals surface area contributed by atoms with E-state index in [1.165, 1.54) is 19.2 Å². The van der Waals surface area contributed by atoms with E-state index in [0.717, 1.165) is 19.4 Å². The van der Waals surface area contributed by atoms with Crippen molar-refractivity contribution >= 4 is 27.3 Å². The number of carbonyl (C=O) groups excluding carboxylic acids is 1. The Kier molecular flexibility index (Phi) is 5.43. The molecule has 2 aromatic carbocycles. The minimum absolute atomic E-state index is 0.108. The van der Waals surface area contributed by atoms with Gasteiger partial charge in [-0.2, -0.15) is 0 Å². The zero-order chi connectivity index (χ0) is 18.6. The van der Waals surface area contributed by atoms with E-state index in [9.17, 15) is 13.2 Å². The number of benzene rings is 2. The Hall–Kier alpha value is -2.58. The van der Waals surface area contributed by atoms with Crippen molar-refractivity contribution in [2.24, 2.45) is 0 Å². The van der Waals surface area contributed by atoms with Crippen molar-refractivity contribution in [2.75, 3.05) is 23.7 Å². The van der Waals surface area contributed by atoms with Crippen LogP contribution < -0.4 is 20.1 Å². The Morgan fingerprint density at radius 3 is 2.42 bits per heavy atom. The van der Waals surface area contributed by atoms with Gasteiger partial charge >= 0.3 is 0 Å². The molecule has 1 atom stereocenters. The molecule has 7 nitrogen and oxygen atoms in total. The summed E-state index contributed by atoms with van der Waals surface area (Å²) in [6.07, 6.45) is 1.72. The first-order valence-corrected chi connectivity index (χ1v) is 9.78. The van der Waals surface area contributed by atoms with Crippen LogP contribution in [0.5, 0.6) is 5.75 Å². The normalized spacial score (nSPS) is 16.9. The zero-order valence-electron chi connectivity index (χ0n) is 14.4. The molecule has 0 aromatic heterocycles. The maximum atomic E-state index is 12.6. The number of methoxy groups -OCH3 is 1. The molecule has 3 N–H and O–H groups in total. The average molecular weight is 375 g/mol. The Bertz CT molecular complexity index is 876. The molecule has 8 heteroatoms. The highest BCUT2D eigenvalue weighted by atomic mass is 32.2. The van der Waals surface area contributed by atoms with E-state index in [0.29, 0.717) is 17.1 Å². The van der Waals surface area contributed by atoms with Gasteiger partial charge in [0.05, 0.1) is 29.4 Å². The van der Waals surface area contributed by atoms with Crippen molar-refractivity contribution in [1.29, 1.82) is 0 Å². The minimum Gasteiger partial charge on any atom is -0.497 e. The smallest absolute Gasteiger partial charge is 0.261 e. The van der Waals surface area contributed by atoms with Crippen molar-refractivity contribution in [3.8, 4) is 5.75 Å². The van der Waals surface area contributed by atoms with Crippen LogP contribution in [-0.2, 0) is 14.8 Å². The predicted molar refractivity (Wildman–Crippen MR) is 99.9 cm³/mol. The van der Waals surface area contributed by atoms with Gasteiger partial charge in [-0.25, -0.2) is 8.42 Å². The number of anilines is 2. The molecule has 3 rings (SSSR count). The van der Waals surface area contributed by atoms with Crippen molar-refractivity contribution in [1.82, 2.24) is 5.32 Å². The third kappa shape index (κ3) is 4.14. The van der Waals surface area contributed by atoms with E-state index >= 15 is 0 Å². The van der Waals surface area contributed by atoms with E-state index in [2.05, 4.69) is 15.4 Å². The number of sulfonamides is 1. The first-order chi connectivity index (χ1) is 12.5. The van der Waals surface area contributed by atoms with Gasteiger partial charge in [0.15, 0.2) is 0 Å². The quantitative estimate of drug-likeness (QED) is 0.719. The van der Waals surface area contributed by atoms with Gasteiger partial charge in [0.1, 0.15) is 5.75 Å². The van der Waals surface area contributed by atoms with Crippen LogP contribution in [0.15, 0.2) is 53.4 Å². The first kappa shape index (κ1) is 18.2. The van der Waals surface area contributed by atoms with Crippen LogP contribution in [0.2, 0.25) is 0 Å². The van der Waals surface area contributed by atoms with Crippen LogP contribution >= 0.6 is 0 Å². The van der Waals surface area contributed by atoms with Gasteiger partial charge < -0.3 is 15.4 Å². The predicted octanol–water partition coefficient (Wildman–Crippen LogP) is 2.19. The van der Waals surface area contributed by atoms with Crippen LogP contribution in [0, 0.1) is 0 Å². The van der Waals surface area contributed by atoms with E-state index < -0.39 is 10.0 Å². The molecule has 1 heterocycles. The third-order valence-corrected chi connectivity index (χ3v) is 5.56. The van der Waals surface area contributed by atoms with Crippen LogP contribution in [-0.4, -0.2) is 34.0 Å². The lowest BCUT2D eigenvalue weighted by atomic mass is 10.2. The molecule has 1 amide bonds. The molecule has 0 radical (unpaired) electrons. The summed E-state index contributed by atoms with van der Waals surface area (Å²) in [6.45, 7) is 0.809. The van der Waals surface area contributed by atoms with Gasteiger partial charge in [0, 0.05) is 0 Å². The molecule has 26 heavy (non-hydrogen) atoms. The number of nitrogens with one attached hydrogen (secondary N) is 3. The summed E-state index contributed by atoms with van der Waals surface area (Å²) in [5, 5.41) is 5.91.